The summed E-state index contributed by atoms with van der Waals surface area (Å²) >= 11 is 0. The van der Waals surface area contributed by atoms with Gasteiger partial charge in [-0.2, -0.15) is 4.98 Å². The molecule has 2 rings (SSSR count). The van der Waals surface area contributed by atoms with Gasteiger partial charge >= 0.3 is 0 Å². The van der Waals surface area contributed by atoms with E-state index in [1.165, 1.54) is 0 Å². The Kier molecular flexibility index (Phi) is 3.66. The third-order valence-corrected chi connectivity index (χ3v) is 2.82. The van der Waals surface area contributed by atoms with E-state index in [0.717, 1.165) is 11.5 Å². The summed E-state index contributed by atoms with van der Waals surface area (Å²) in [6, 6.07) is 13.0. The molecule has 98 valence electrons. The second-order valence-corrected chi connectivity index (χ2v) is 4.03. The van der Waals surface area contributed by atoms with Crippen LogP contribution in [0, 0.1) is 5.41 Å². The van der Waals surface area contributed by atoms with Crippen molar-refractivity contribution in [1.29, 1.82) is 5.41 Å². The van der Waals surface area contributed by atoms with Crippen molar-refractivity contribution < 1.29 is 4.74 Å². The Morgan fingerprint density at radius 2 is 1.95 bits per heavy atom. The summed E-state index contributed by atoms with van der Waals surface area (Å²) in [5.41, 5.74) is 7.10. The number of pyridine rings is 1. The molecule has 3 N–H and O–H groups in total. The first kappa shape index (κ1) is 12.9. The average molecular weight is 256 g/mol. The Balaban J connectivity index is 2.43. The number of nitrogen functional groups attached to an aromatic ring is 1. The van der Waals surface area contributed by atoms with Gasteiger partial charge in [0.2, 0.25) is 5.88 Å². The maximum absolute atomic E-state index is 7.62. The largest absolute Gasteiger partial charge is 0.481 e. The molecular weight excluding hydrogens is 240 g/mol. The highest BCUT2D eigenvalue weighted by atomic mass is 16.5. The van der Waals surface area contributed by atoms with E-state index < -0.39 is 0 Å². The fourth-order valence-electron chi connectivity index (χ4n) is 1.82. The van der Waals surface area contributed by atoms with Crippen molar-refractivity contribution >= 4 is 17.3 Å². The van der Waals surface area contributed by atoms with Crippen LogP contribution in [0.1, 0.15) is 5.56 Å². The van der Waals surface area contributed by atoms with E-state index in [1.54, 1.807) is 13.2 Å². The predicted molar refractivity (Wildman–Crippen MR) is 76.3 cm³/mol. The van der Waals surface area contributed by atoms with Crippen LogP contribution in [0.4, 0.5) is 11.5 Å². The summed E-state index contributed by atoms with van der Waals surface area (Å²) < 4.78 is 5.11. The number of rotatable bonds is 4. The minimum absolute atomic E-state index is 0.0327. The minimum atomic E-state index is 0.0327. The summed E-state index contributed by atoms with van der Waals surface area (Å²) in [5.74, 6) is 1.31. The summed E-state index contributed by atoms with van der Waals surface area (Å²) in [5, 5.41) is 7.62. The van der Waals surface area contributed by atoms with Gasteiger partial charge in [0.25, 0.3) is 0 Å². The number of benzene rings is 1. The maximum Gasteiger partial charge on any atom is 0.214 e. The van der Waals surface area contributed by atoms with Crippen molar-refractivity contribution in [3.63, 3.8) is 0 Å². The highest BCUT2D eigenvalue weighted by Gasteiger charge is 2.12. The third kappa shape index (κ3) is 2.65. The summed E-state index contributed by atoms with van der Waals surface area (Å²) in [4.78, 5) is 6.23. The van der Waals surface area contributed by atoms with Crippen LogP contribution in [-0.2, 0) is 0 Å². The van der Waals surface area contributed by atoms with Gasteiger partial charge in [0, 0.05) is 18.7 Å². The van der Waals surface area contributed by atoms with Crippen LogP contribution in [0.15, 0.2) is 42.5 Å². The number of para-hydroxylation sites is 1. The van der Waals surface area contributed by atoms with Crippen molar-refractivity contribution in [2.75, 3.05) is 19.1 Å². The second-order valence-electron chi connectivity index (χ2n) is 4.03. The molecule has 0 saturated carbocycles. The lowest BCUT2D eigenvalue weighted by molar-refractivity contribution is 0.398. The van der Waals surface area contributed by atoms with Gasteiger partial charge < -0.3 is 15.4 Å². The van der Waals surface area contributed by atoms with Gasteiger partial charge in [0.1, 0.15) is 11.7 Å². The van der Waals surface area contributed by atoms with Gasteiger partial charge in [-0.15, -0.1) is 0 Å². The number of hydrogen-bond acceptors (Lipinski definition) is 4. The Morgan fingerprint density at radius 1 is 1.21 bits per heavy atom. The zero-order chi connectivity index (χ0) is 13.8. The van der Waals surface area contributed by atoms with Gasteiger partial charge in [0.05, 0.1) is 12.8 Å². The highest BCUT2D eigenvalue weighted by Crippen LogP contribution is 2.26. The molecule has 0 fully saturated rings. The first-order valence-electron chi connectivity index (χ1n) is 5.81. The van der Waals surface area contributed by atoms with Gasteiger partial charge in [-0.25, -0.2) is 0 Å². The topological polar surface area (TPSA) is 75.2 Å². The summed E-state index contributed by atoms with van der Waals surface area (Å²) in [7, 11) is 3.46. The molecule has 0 bridgehead atoms. The number of ether oxygens (including phenoxy) is 1. The fraction of sp³-hybridized carbons (Fsp3) is 0.143. The van der Waals surface area contributed by atoms with E-state index in [2.05, 4.69) is 4.98 Å². The first-order valence-corrected chi connectivity index (χ1v) is 5.81. The molecule has 1 aromatic carbocycles. The molecule has 0 radical (unpaired) electrons. The molecule has 0 amide bonds. The van der Waals surface area contributed by atoms with Crippen LogP contribution in [-0.4, -0.2) is 25.0 Å². The van der Waals surface area contributed by atoms with Crippen LogP contribution in [0.3, 0.4) is 0 Å². The molecule has 0 aliphatic heterocycles. The summed E-state index contributed by atoms with van der Waals surface area (Å²) in [6.45, 7) is 0. The first-order chi connectivity index (χ1) is 9.13. The number of nitrogens with zero attached hydrogens (tertiary/aromatic N) is 2. The number of nitrogens with two attached hydrogens (primary N) is 1. The van der Waals surface area contributed by atoms with Gasteiger partial charge in [-0.3, -0.25) is 5.41 Å². The van der Waals surface area contributed by atoms with Crippen LogP contribution < -0.4 is 15.4 Å². The maximum atomic E-state index is 7.62. The monoisotopic (exact) mass is 256 g/mol. The van der Waals surface area contributed by atoms with E-state index in [-0.39, 0.29) is 5.84 Å². The molecule has 1 heterocycles. The predicted octanol–water partition coefficient (Wildman–Crippen LogP) is 2.14. The molecule has 0 atom stereocenters. The average Bonchev–Trinajstić information content (AvgIpc) is 2.46. The molecule has 2 aromatic rings. The second kappa shape index (κ2) is 5.39. The molecule has 0 spiro atoms. The molecular formula is C14H16N4O. The van der Waals surface area contributed by atoms with E-state index in [1.807, 2.05) is 48.3 Å². The number of amidine groups is 1. The Bertz CT molecular complexity index is 598. The van der Waals surface area contributed by atoms with Gasteiger partial charge in [-0.05, 0) is 18.2 Å². The van der Waals surface area contributed by atoms with E-state index in [9.17, 15) is 0 Å². The number of anilines is 2. The lowest BCUT2D eigenvalue weighted by atomic mass is 10.1. The molecule has 19 heavy (non-hydrogen) atoms. The number of methoxy groups -OCH3 is 1. The van der Waals surface area contributed by atoms with Gasteiger partial charge in [0.15, 0.2) is 0 Å². The lowest BCUT2D eigenvalue weighted by Gasteiger charge is -2.21. The fourth-order valence-corrected chi connectivity index (χ4v) is 1.82. The standard InChI is InChI=1S/C14H16N4O/c1-18(12-8-5-9-13(17-12)19-2)11-7-4-3-6-10(11)14(15)16/h3-9H,1-2H3,(H3,15,16). The Morgan fingerprint density at radius 3 is 2.63 bits per heavy atom. The third-order valence-electron chi connectivity index (χ3n) is 2.82. The molecule has 5 nitrogen and oxygen atoms in total. The Hall–Kier alpha value is -2.56. The molecule has 1 aromatic heterocycles. The number of nitrogens with one attached hydrogen (secondary N) is 1. The molecule has 0 aliphatic rings. The van der Waals surface area contributed by atoms with Crippen molar-refractivity contribution in [2.45, 2.75) is 0 Å². The van der Waals surface area contributed by atoms with E-state index in [0.29, 0.717) is 11.4 Å². The van der Waals surface area contributed by atoms with Crippen LogP contribution in [0.2, 0.25) is 0 Å². The number of hydrogen-bond donors (Lipinski definition) is 2. The van der Waals surface area contributed by atoms with E-state index >= 15 is 0 Å². The lowest BCUT2D eigenvalue weighted by Crippen LogP contribution is -2.19. The quantitative estimate of drug-likeness (QED) is 0.649. The Labute approximate surface area is 112 Å². The van der Waals surface area contributed by atoms with Crippen molar-refractivity contribution in [3.05, 3.63) is 48.0 Å². The molecule has 0 unspecified atom stereocenters. The van der Waals surface area contributed by atoms with Crippen molar-refractivity contribution in [1.82, 2.24) is 4.98 Å². The molecule has 0 saturated heterocycles. The van der Waals surface area contributed by atoms with Crippen LogP contribution in [0.25, 0.3) is 0 Å². The highest BCUT2D eigenvalue weighted by molar-refractivity contribution is 6.01. The van der Waals surface area contributed by atoms with Crippen molar-refractivity contribution in [3.8, 4) is 5.88 Å². The van der Waals surface area contributed by atoms with Crippen LogP contribution >= 0.6 is 0 Å². The SMILES string of the molecule is COc1cccc(N(C)c2ccccc2C(=N)N)n1. The smallest absolute Gasteiger partial charge is 0.214 e. The normalized spacial score (nSPS) is 10.0. The summed E-state index contributed by atoms with van der Waals surface area (Å²) in [6.07, 6.45) is 0. The minimum Gasteiger partial charge on any atom is -0.481 e. The molecule has 5 heteroatoms. The van der Waals surface area contributed by atoms with E-state index in [4.69, 9.17) is 15.9 Å². The van der Waals surface area contributed by atoms with Crippen LogP contribution in [0.5, 0.6) is 5.88 Å². The zero-order valence-electron chi connectivity index (χ0n) is 10.9. The zero-order valence-corrected chi connectivity index (χ0v) is 10.9. The van der Waals surface area contributed by atoms with Gasteiger partial charge in [-0.1, -0.05) is 18.2 Å². The number of aromatic nitrogens is 1. The molecule has 0 aliphatic carbocycles. The van der Waals surface area contributed by atoms with Crippen molar-refractivity contribution in [2.24, 2.45) is 5.73 Å².